The first-order valence-electron chi connectivity index (χ1n) is 5.44. The molecule has 0 amide bonds. The van der Waals surface area contributed by atoms with Crippen LogP contribution in [-0.4, -0.2) is 5.11 Å². The van der Waals surface area contributed by atoms with Crippen LogP contribution in [0.3, 0.4) is 0 Å². The summed E-state index contributed by atoms with van der Waals surface area (Å²) in [7, 11) is 0. The largest absolute Gasteiger partial charge is 0.388 e. The number of benzene rings is 2. The molecule has 0 aromatic heterocycles. The average Bonchev–Trinajstić information content (AvgIpc) is 2.28. The Balaban J connectivity index is 2.27. The Kier molecular flexibility index (Phi) is 3.67. The van der Waals surface area contributed by atoms with Gasteiger partial charge in [-0.15, -0.1) is 0 Å². The van der Waals surface area contributed by atoms with E-state index in [4.69, 9.17) is 0 Å². The van der Waals surface area contributed by atoms with E-state index in [2.05, 4.69) is 0 Å². The molecule has 0 saturated heterocycles. The van der Waals surface area contributed by atoms with Crippen molar-refractivity contribution in [3.63, 3.8) is 0 Å². The molecule has 0 aliphatic rings. The lowest BCUT2D eigenvalue weighted by molar-refractivity contribution is 0.168. The number of hydrogen-bond donors (Lipinski definition) is 1. The summed E-state index contributed by atoms with van der Waals surface area (Å²) in [6.45, 7) is 0. The molecule has 1 atom stereocenters. The van der Waals surface area contributed by atoms with E-state index in [0.29, 0.717) is 12.1 Å². The van der Waals surface area contributed by atoms with Gasteiger partial charge in [-0.25, -0.2) is 13.2 Å². The van der Waals surface area contributed by atoms with Crippen molar-refractivity contribution in [1.82, 2.24) is 0 Å². The molecule has 0 spiro atoms. The maximum atomic E-state index is 13.4. The van der Waals surface area contributed by atoms with Crippen molar-refractivity contribution in [2.24, 2.45) is 0 Å². The molecular formula is C14H11F3O. The number of aliphatic hydroxyl groups excluding tert-OH is 1. The van der Waals surface area contributed by atoms with Crippen molar-refractivity contribution >= 4 is 0 Å². The fraction of sp³-hybridized carbons (Fsp3) is 0.143. The lowest BCUT2D eigenvalue weighted by atomic mass is 10.0. The lowest BCUT2D eigenvalue weighted by Crippen LogP contribution is -2.08. The molecule has 0 heterocycles. The average molecular weight is 252 g/mol. The molecule has 94 valence electrons. The van der Waals surface area contributed by atoms with Gasteiger partial charge in [0.05, 0.1) is 11.7 Å². The third-order valence-corrected chi connectivity index (χ3v) is 2.65. The van der Waals surface area contributed by atoms with Crippen LogP contribution < -0.4 is 0 Å². The first kappa shape index (κ1) is 12.6. The summed E-state index contributed by atoms with van der Waals surface area (Å²) in [5.74, 6) is -3.15. The minimum Gasteiger partial charge on any atom is -0.388 e. The fourth-order valence-electron chi connectivity index (χ4n) is 1.81. The maximum absolute atomic E-state index is 13.4. The van der Waals surface area contributed by atoms with Crippen molar-refractivity contribution < 1.29 is 18.3 Å². The van der Waals surface area contributed by atoms with Crippen molar-refractivity contribution in [1.29, 1.82) is 0 Å². The Morgan fingerprint density at radius 1 is 0.944 bits per heavy atom. The zero-order chi connectivity index (χ0) is 13.1. The van der Waals surface area contributed by atoms with E-state index in [9.17, 15) is 18.3 Å². The molecule has 2 aromatic rings. The Bertz CT molecular complexity index is 517. The molecular weight excluding hydrogens is 241 g/mol. The molecule has 0 aliphatic carbocycles. The van der Waals surface area contributed by atoms with E-state index in [1.54, 1.807) is 30.3 Å². The van der Waals surface area contributed by atoms with Crippen LogP contribution >= 0.6 is 0 Å². The molecule has 0 aliphatic heterocycles. The van der Waals surface area contributed by atoms with Gasteiger partial charge in [0.1, 0.15) is 17.5 Å². The van der Waals surface area contributed by atoms with Gasteiger partial charge in [0.15, 0.2) is 0 Å². The van der Waals surface area contributed by atoms with E-state index in [1.165, 1.54) is 0 Å². The first-order chi connectivity index (χ1) is 8.58. The van der Waals surface area contributed by atoms with Crippen LogP contribution in [0.2, 0.25) is 0 Å². The number of halogens is 3. The van der Waals surface area contributed by atoms with Crippen molar-refractivity contribution in [3.05, 3.63) is 71.0 Å². The van der Waals surface area contributed by atoms with Gasteiger partial charge in [0.2, 0.25) is 0 Å². The number of rotatable bonds is 3. The topological polar surface area (TPSA) is 20.2 Å². The van der Waals surface area contributed by atoms with E-state index in [0.717, 1.165) is 5.56 Å². The van der Waals surface area contributed by atoms with Crippen LogP contribution in [0.25, 0.3) is 0 Å². The van der Waals surface area contributed by atoms with Crippen LogP contribution in [0, 0.1) is 17.5 Å². The summed E-state index contributed by atoms with van der Waals surface area (Å²) in [5.41, 5.74) is 0.244. The zero-order valence-electron chi connectivity index (χ0n) is 9.41. The highest BCUT2D eigenvalue weighted by molar-refractivity contribution is 5.25. The Morgan fingerprint density at radius 2 is 1.50 bits per heavy atom. The van der Waals surface area contributed by atoms with Crippen LogP contribution in [0.15, 0.2) is 42.5 Å². The van der Waals surface area contributed by atoms with Gasteiger partial charge >= 0.3 is 0 Å². The fourth-order valence-corrected chi connectivity index (χ4v) is 1.81. The highest BCUT2D eigenvalue weighted by atomic mass is 19.1. The van der Waals surface area contributed by atoms with Crippen LogP contribution in [0.1, 0.15) is 17.2 Å². The van der Waals surface area contributed by atoms with Gasteiger partial charge in [-0.1, -0.05) is 30.3 Å². The predicted molar refractivity (Wildman–Crippen MR) is 61.4 cm³/mol. The van der Waals surface area contributed by atoms with Gasteiger partial charge in [-0.2, -0.15) is 0 Å². The zero-order valence-corrected chi connectivity index (χ0v) is 9.41. The number of hydrogen-bond acceptors (Lipinski definition) is 1. The molecule has 0 radical (unpaired) electrons. The summed E-state index contributed by atoms with van der Waals surface area (Å²) < 4.78 is 39.6. The molecule has 2 aromatic carbocycles. The molecule has 1 nitrogen and oxygen atoms in total. The van der Waals surface area contributed by atoms with Gasteiger partial charge in [0.25, 0.3) is 0 Å². The van der Waals surface area contributed by atoms with Crippen molar-refractivity contribution in [3.8, 4) is 0 Å². The summed E-state index contributed by atoms with van der Waals surface area (Å²) >= 11 is 0. The Labute approximate surface area is 103 Å². The summed E-state index contributed by atoms with van der Waals surface area (Å²) in [4.78, 5) is 0. The SMILES string of the molecule is OC(Cc1ccccc1)c1c(F)cc(F)cc1F. The van der Waals surface area contributed by atoms with Gasteiger partial charge in [-0.3, -0.25) is 0 Å². The molecule has 4 heteroatoms. The van der Waals surface area contributed by atoms with E-state index >= 15 is 0 Å². The predicted octanol–water partition coefficient (Wildman–Crippen LogP) is 3.38. The molecule has 0 fully saturated rings. The maximum Gasteiger partial charge on any atom is 0.134 e. The normalized spacial score (nSPS) is 12.4. The Morgan fingerprint density at radius 3 is 2.06 bits per heavy atom. The van der Waals surface area contributed by atoms with Gasteiger partial charge in [-0.05, 0) is 5.56 Å². The van der Waals surface area contributed by atoms with Crippen molar-refractivity contribution in [2.45, 2.75) is 12.5 Å². The second kappa shape index (κ2) is 5.23. The van der Waals surface area contributed by atoms with Crippen LogP contribution in [0.5, 0.6) is 0 Å². The third kappa shape index (κ3) is 2.71. The standard InChI is InChI=1S/C14H11F3O/c15-10-7-11(16)14(12(17)8-10)13(18)6-9-4-2-1-3-5-9/h1-5,7-8,13,18H,6H2. The first-order valence-corrected chi connectivity index (χ1v) is 5.44. The second-order valence-corrected chi connectivity index (χ2v) is 3.99. The van der Waals surface area contributed by atoms with Crippen molar-refractivity contribution in [2.75, 3.05) is 0 Å². The van der Waals surface area contributed by atoms with Crippen LogP contribution in [0.4, 0.5) is 13.2 Å². The van der Waals surface area contributed by atoms with E-state index < -0.39 is 29.1 Å². The van der Waals surface area contributed by atoms with E-state index in [1.807, 2.05) is 0 Å². The molecule has 0 saturated carbocycles. The van der Waals surface area contributed by atoms with E-state index in [-0.39, 0.29) is 6.42 Å². The number of aliphatic hydroxyl groups is 1. The molecule has 1 unspecified atom stereocenters. The smallest absolute Gasteiger partial charge is 0.134 e. The minimum absolute atomic E-state index is 0.0698. The second-order valence-electron chi connectivity index (χ2n) is 3.99. The lowest BCUT2D eigenvalue weighted by Gasteiger charge is -2.13. The monoisotopic (exact) mass is 252 g/mol. The highest BCUT2D eigenvalue weighted by Crippen LogP contribution is 2.24. The third-order valence-electron chi connectivity index (χ3n) is 2.65. The molecule has 18 heavy (non-hydrogen) atoms. The van der Waals surface area contributed by atoms with Gasteiger partial charge in [0, 0.05) is 18.6 Å². The minimum atomic E-state index is -1.34. The quantitative estimate of drug-likeness (QED) is 0.887. The molecule has 2 rings (SSSR count). The van der Waals surface area contributed by atoms with Crippen LogP contribution in [-0.2, 0) is 6.42 Å². The summed E-state index contributed by atoms with van der Waals surface area (Å²) in [6, 6.07) is 9.93. The highest BCUT2D eigenvalue weighted by Gasteiger charge is 2.19. The van der Waals surface area contributed by atoms with Gasteiger partial charge < -0.3 is 5.11 Å². The molecule has 1 N–H and O–H groups in total. The Hall–Kier alpha value is -1.81. The molecule has 0 bridgehead atoms. The summed E-state index contributed by atoms with van der Waals surface area (Å²) in [5, 5.41) is 9.82. The summed E-state index contributed by atoms with van der Waals surface area (Å²) in [6.07, 6.45) is -1.27.